The second-order valence-corrected chi connectivity index (χ2v) is 2.21. The summed E-state index contributed by atoms with van der Waals surface area (Å²) in [4.78, 5) is 19.4. The molecule has 6 heteroatoms. The molecule has 0 saturated heterocycles. The maximum absolute atomic E-state index is 12.7. The zero-order valence-electron chi connectivity index (χ0n) is 6.19. The number of carbonyl (C=O) groups is 1. The smallest absolute Gasteiger partial charge is 0.304 e. The van der Waals surface area contributed by atoms with Crippen molar-refractivity contribution in [3.8, 4) is 0 Å². The van der Waals surface area contributed by atoms with Crippen LogP contribution in [0.3, 0.4) is 0 Å². The summed E-state index contributed by atoms with van der Waals surface area (Å²) >= 11 is 0. The number of halogens is 1. The second kappa shape index (κ2) is 3.18. The molecule has 5 nitrogen and oxygen atoms in total. The number of nitrogens with zero attached hydrogens (tertiary/aromatic N) is 1. The van der Waals surface area contributed by atoms with Crippen molar-refractivity contribution >= 4 is 11.7 Å². The van der Waals surface area contributed by atoms with Crippen molar-refractivity contribution in [1.29, 1.82) is 0 Å². The highest BCUT2D eigenvalue weighted by Gasteiger charge is 2.13. The van der Waals surface area contributed by atoms with Crippen molar-refractivity contribution in [3.05, 3.63) is 39.7 Å². The first-order valence-corrected chi connectivity index (χ1v) is 3.17. The van der Waals surface area contributed by atoms with Crippen LogP contribution in [-0.4, -0.2) is 10.9 Å². The van der Waals surface area contributed by atoms with E-state index in [-0.39, 0.29) is 0 Å². The first kappa shape index (κ1) is 9.11. The van der Waals surface area contributed by atoms with E-state index in [0.29, 0.717) is 6.07 Å². The van der Waals surface area contributed by atoms with Crippen LogP contribution in [0.1, 0.15) is 10.4 Å². The van der Waals surface area contributed by atoms with E-state index in [4.69, 9.17) is 0 Å². The average Bonchev–Trinajstić information content (AvgIpc) is 2.03. The number of carbonyl (C=O) groups excluding carboxylic acids is 1. The summed E-state index contributed by atoms with van der Waals surface area (Å²) in [5.74, 6) is -2.76. The highest BCUT2D eigenvalue weighted by Crippen LogP contribution is 2.17. The van der Waals surface area contributed by atoms with E-state index in [9.17, 15) is 24.4 Å². The molecule has 0 fully saturated rings. The largest absolute Gasteiger partial charge is 0.545 e. The van der Waals surface area contributed by atoms with Crippen LogP contribution in [0.2, 0.25) is 0 Å². The van der Waals surface area contributed by atoms with E-state index >= 15 is 0 Å². The number of nitro benzene ring substituents is 1. The normalized spacial score (nSPS) is 9.62. The average molecular weight is 184 g/mol. The third-order valence-electron chi connectivity index (χ3n) is 1.38. The molecular weight excluding hydrogens is 181 g/mol. The number of hydrogen-bond donors (Lipinski definition) is 0. The van der Waals surface area contributed by atoms with Gasteiger partial charge in [-0.3, -0.25) is 10.1 Å². The summed E-state index contributed by atoms with van der Waals surface area (Å²) in [7, 11) is 0. The molecule has 1 aromatic carbocycles. The van der Waals surface area contributed by atoms with E-state index in [1.54, 1.807) is 0 Å². The molecule has 0 aliphatic rings. The van der Waals surface area contributed by atoms with E-state index in [2.05, 4.69) is 0 Å². The van der Waals surface area contributed by atoms with Gasteiger partial charge in [0.25, 0.3) is 0 Å². The topological polar surface area (TPSA) is 83.3 Å². The van der Waals surface area contributed by atoms with Gasteiger partial charge < -0.3 is 9.90 Å². The number of carboxylic acids is 1. The molecule has 0 aliphatic heterocycles. The van der Waals surface area contributed by atoms with Crippen molar-refractivity contribution in [3.63, 3.8) is 0 Å². The third-order valence-corrected chi connectivity index (χ3v) is 1.38. The molecule has 1 rings (SSSR count). The quantitative estimate of drug-likeness (QED) is 0.481. The predicted octanol–water partition coefficient (Wildman–Crippen LogP) is 0.0974. The molecule has 0 saturated carbocycles. The second-order valence-electron chi connectivity index (χ2n) is 2.21. The van der Waals surface area contributed by atoms with Crippen molar-refractivity contribution in [1.82, 2.24) is 0 Å². The van der Waals surface area contributed by atoms with Crippen LogP contribution in [0.5, 0.6) is 0 Å². The maximum atomic E-state index is 12.7. The fraction of sp³-hybridized carbons (Fsp3) is 0. The summed E-state index contributed by atoms with van der Waals surface area (Å²) in [5.41, 5.74) is -1.19. The zero-order chi connectivity index (χ0) is 10.0. The lowest BCUT2D eigenvalue weighted by Gasteiger charge is -2.01. The predicted molar refractivity (Wildman–Crippen MR) is 37.4 cm³/mol. The Balaban J connectivity index is 3.20. The Morgan fingerprint density at radius 1 is 1.46 bits per heavy atom. The fourth-order valence-corrected chi connectivity index (χ4v) is 0.782. The molecule has 0 unspecified atom stereocenters. The first-order chi connectivity index (χ1) is 6.02. The molecule has 68 valence electrons. The Kier molecular flexibility index (Phi) is 2.23. The van der Waals surface area contributed by atoms with Crippen molar-refractivity contribution in [2.45, 2.75) is 0 Å². The van der Waals surface area contributed by atoms with E-state index in [1.165, 1.54) is 0 Å². The van der Waals surface area contributed by atoms with Gasteiger partial charge in [-0.05, 0) is 12.1 Å². The molecular formula is C7H3FNO4-. The number of nitro groups is 1. The Morgan fingerprint density at radius 3 is 2.46 bits per heavy atom. The molecule has 1 aromatic rings. The standard InChI is InChI=1S/C7H4FNO4/c8-5-3-4(7(10)11)1-2-6(5)9(12)13/h1-3H,(H,10,11)/p-1. The molecule has 0 spiro atoms. The van der Waals surface area contributed by atoms with Gasteiger partial charge in [-0.25, -0.2) is 0 Å². The molecule has 0 amide bonds. The van der Waals surface area contributed by atoms with Crippen LogP contribution in [0.15, 0.2) is 18.2 Å². The summed E-state index contributed by atoms with van der Waals surface area (Å²) in [6, 6.07) is 2.24. The highest BCUT2D eigenvalue weighted by molar-refractivity contribution is 5.86. The summed E-state index contributed by atoms with van der Waals surface area (Å²) in [6.07, 6.45) is 0. The van der Waals surface area contributed by atoms with Crippen LogP contribution < -0.4 is 5.11 Å². The van der Waals surface area contributed by atoms with E-state index in [1.807, 2.05) is 0 Å². The van der Waals surface area contributed by atoms with Crippen LogP contribution in [0.4, 0.5) is 10.1 Å². The Hall–Kier alpha value is -1.98. The molecule has 0 N–H and O–H groups in total. The minimum Gasteiger partial charge on any atom is -0.545 e. The van der Waals surface area contributed by atoms with E-state index in [0.717, 1.165) is 12.1 Å². The van der Waals surface area contributed by atoms with Gasteiger partial charge in [-0.2, -0.15) is 4.39 Å². The van der Waals surface area contributed by atoms with Gasteiger partial charge in [0.15, 0.2) is 0 Å². The lowest BCUT2D eigenvalue weighted by Crippen LogP contribution is -2.22. The SMILES string of the molecule is O=C([O-])c1ccc([N+](=O)[O-])c(F)c1. The van der Waals surface area contributed by atoms with Gasteiger partial charge in [0.1, 0.15) is 0 Å². The van der Waals surface area contributed by atoms with Crippen molar-refractivity contribution in [2.75, 3.05) is 0 Å². The van der Waals surface area contributed by atoms with Gasteiger partial charge >= 0.3 is 5.69 Å². The third kappa shape index (κ3) is 1.78. The number of aromatic carboxylic acids is 1. The molecule has 0 radical (unpaired) electrons. The minimum atomic E-state index is -1.58. The monoisotopic (exact) mass is 184 g/mol. The molecule has 0 aliphatic carbocycles. The van der Waals surface area contributed by atoms with Crippen LogP contribution in [-0.2, 0) is 0 Å². The molecule has 0 atom stereocenters. The highest BCUT2D eigenvalue weighted by atomic mass is 19.1. The van der Waals surface area contributed by atoms with E-state index < -0.39 is 28.0 Å². The van der Waals surface area contributed by atoms with Crippen LogP contribution in [0, 0.1) is 15.9 Å². The molecule has 0 heterocycles. The van der Waals surface area contributed by atoms with Gasteiger partial charge in [0, 0.05) is 11.6 Å². The van der Waals surface area contributed by atoms with Crippen LogP contribution in [0.25, 0.3) is 0 Å². The number of benzene rings is 1. The minimum absolute atomic E-state index is 0.428. The Labute approximate surface area is 71.6 Å². The first-order valence-electron chi connectivity index (χ1n) is 3.17. The zero-order valence-corrected chi connectivity index (χ0v) is 6.19. The summed E-state index contributed by atoms with van der Waals surface area (Å²) in [6.45, 7) is 0. The molecule has 13 heavy (non-hydrogen) atoms. The number of hydrogen-bond acceptors (Lipinski definition) is 4. The fourth-order valence-electron chi connectivity index (χ4n) is 0.782. The van der Waals surface area contributed by atoms with Gasteiger partial charge in [0.2, 0.25) is 5.82 Å². The number of carboxylic acid groups (broad SMARTS) is 1. The maximum Gasteiger partial charge on any atom is 0.304 e. The summed E-state index contributed by atoms with van der Waals surface area (Å²) in [5, 5.41) is 20.3. The summed E-state index contributed by atoms with van der Waals surface area (Å²) < 4.78 is 12.7. The Morgan fingerprint density at radius 2 is 2.08 bits per heavy atom. The lowest BCUT2D eigenvalue weighted by atomic mass is 10.2. The number of rotatable bonds is 2. The van der Waals surface area contributed by atoms with Crippen molar-refractivity contribution < 1.29 is 19.2 Å². The molecule has 0 aromatic heterocycles. The van der Waals surface area contributed by atoms with Gasteiger partial charge in [0.05, 0.1) is 10.9 Å². The van der Waals surface area contributed by atoms with Gasteiger partial charge in [-0.15, -0.1) is 0 Å². The Bertz CT molecular complexity index is 377. The van der Waals surface area contributed by atoms with Crippen molar-refractivity contribution in [2.24, 2.45) is 0 Å². The van der Waals surface area contributed by atoms with Crippen LogP contribution >= 0.6 is 0 Å². The molecule has 0 bridgehead atoms. The van der Waals surface area contributed by atoms with Gasteiger partial charge in [-0.1, -0.05) is 0 Å². The lowest BCUT2D eigenvalue weighted by molar-refractivity contribution is -0.387.